The molecule has 0 aliphatic heterocycles. The Balaban J connectivity index is 2.69. The van der Waals surface area contributed by atoms with Crippen LogP contribution >= 0.6 is 0 Å². The molecule has 0 aliphatic carbocycles. The van der Waals surface area contributed by atoms with Crippen LogP contribution in [0.5, 0.6) is 0 Å². The number of ether oxygens (including phenoxy) is 1. The standard InChI is InChI=1S/C10H13NO2/c1-8(12)13-7-10-5-3-2-4-9(10)6-11/h2-5H,6-7,11H2,1H3. The van der Waals surface area contributed by atoms with Crippen LogP contribution in [-0.2, 0) is 22.7 Å². The van der Waals surface area contributed by atoms with Crippen LogP contribution in [0, 0.1) is 0 Å². The molecule has 0 radical (unpaired) electrons. The third kappa shape index (κ3) is 2.87. The van der Waals surface area contributed by atoms with Gasteiger partial charge in [-0.05, 0) is 11.1 Å². The van der Waals surface area contributed by atoms with E-state index < -0.39 is 0 Å². The second-order valence-electron chi connectivity index (χ2n) is 2.75. The topological polar surface area (TPSA) is 52.3 Å². The normalized spacial score (nSPS) is 9.69. The van der Waals surface area contributed by atoms with Crippen molar-refractivity contribution in [3.63, 3.8) is 0 Å². The highest BCUT2D eigenvalue weighted by Crippen LogP contribution is 2.08. The summed E-state index contributed by atoms with van der Waals surface area (Å²) in [5.74, 6) is -0.271. The lowest BCUT2D eigenvalue weighted by Gasteiger charge is -2.06. The molecule has 70 valence electrons. The van der Waals surface area contributed by atoms with Gasteiger partial charge in [-0.2, -0.15) is 0 Å². The molecule has 2 N–H and O–H groups in total. The van der Waals surface area contributed by atoms with Crippen molar-refractivity contribution in [1.82, 2.24) is 0 Å². The van der Waals surface area contributed by atoms with E-state index in [4.69, 9.17) is 10.5 Å². The number of carbonyl (C=O) groups is 1. The maximum atomic E-state index is 10.6. The zero-order valence-electron chi connectivity index (χ0n) is 7.62. The summed E-state index contributed by atoms with van der Waals surface area (Å²) in [4.78, 5) is 10.6. The van der Waals surface area contributed by atoms with E-state index >= 15 is 0 Å². The van der Waals surface area contributed by atoms with Crippen molar-refractivity contribution in [2.75, 3.05) is 0 Å². The predicted octanol–water partition coefficient (Wildman–Crippen LogP) is 1.21. The fraction of sp³-hybridized carbons (Fsp3) is 0.300. The first-order valence-corrected chi connectivity index (χ1v) is 4.14. The molecule has 0 bridgehead atoms. The maximum absolute atomic E-state index is 10.6. The Bertz CT molecular complexity index is 297. The van der Waals surface area contributed by atoms with E-state index in [0.29, 0.717) is 13.2 Å². The Morgan fingerprint density at radius 2 is 2.00 bits per heavy atom. The largest absolute Gasteiger partial charge is 0.461 e. The van der Waals surface area contributed by atoms with Gasteiger partial charge in [0.05, 0.1) is 0 Å². The molecule has 3 nitrogen and oxygen atoms in total. The van der Waals surface area contributed by atoms with E-state index in [0.717, 1.165) is 11.1 Å². The fourth-order valence-electron chi connectivity index (χ4n) is 1.08. The van der Waals surface area contributed by atoms with Crippen molar-refractivity contribution in [3.05, 3.63) is 35.4 Å². The smallest absolute Gasteiger partial charge is 0.302 e. The molecular formula is C10H13NO2. The molecule has 0 atom stereocenters. The van der Waals surface area contributed by atoms with Gasteiger partial charge in [-0.3, -0.25) is 4.79 Å². The maximum Gasteiger partial charge on any atom is 0.302 e. The lowest BCUT2D eigenvalue weighted by molar-refractivity contribution is -0.142. The number of carbonyl (C=O) groups excluding carboxylic acids is 1. The number of hydrogen-bond acceptors (Lipinski definition) is 3. The van der Waals surface area contributed by atoms with Crippen LogP contribution in [-0.4, -0.2) is 5.97 Å². The summed E-state index contributed by atoms with van der Waals surface area (Å²) in [6.45, 7) is 2.17. The zero-order valence-corrected chi connectivity index (χ0v) is 7.62. The SMILES string of the molecule is CC(=O)OCc1ccccc1CN. The Labute approximate surface area is 77.5 Å². The van der Waals surface area contributed by atoms with E-state index in [2.05, 4.69) is 0 Å². The van der Waals surface area contributed by atoms with E-state index in [9.17, 15) is 4.79 Å². The van der Waals surface area contributed by atoms with Crippen molar-refractivity contribution >= 4 is 5.97 Å². The molecule has 0 amide bonds. The second kappa shape index (κ2) is 4.62. The van der Waals surface area contributed by atoms with Crippen LogP contribution < -0.4 is 5.73 Å². The third-order valence-corrected chi connectivity index (χ3v) is 1.77. The first-order valence-electron chi connectivity index (χ1n) is 4.14. The highest BCUT2D eigenvalue weighted by molar-refractivity contribution is 5.65. The van der Waals surface area contributed by atoms with Gasteiger partial charge in [-0.1, -0.05) is 24.3 Å². The molecular weight excluding hydrogens is 166 g/mol. The molecule has 0 saturated heterocycles. The predicted molar refractivity (Wildman–Crippen MR) is 49.8 cm³/mol. The average molecular weight is 179 g/mol. The zero-order chi connectivity index (χ0) is 9.68. The summed E-state index contributed by atoms with van der Waals surface area (Å²) in [5.41, 5.74) is 7.51. The van der Waals surface area contributed by atoms with Crippen LogP contribution in [0.2, 0.25) is 0 Å². The van der Waals surface area contributed by atoms with Gasteiger partial charge in [0.1, 0.15) is 6.61 Å². The average Bonchev–Trinajstić information content (AvgIpc) is 2.15. The molecule has 0 aliphatic rings. The van der Waals surface area contributed by atoms with Gasteiger partial charge in [0.25, 0.3) is 0 Å². The van der Waals surface area contributed by atoms with Crippen LogP contribution in [0.15, 0.2) is 24.3 Å². The van der Waals surface area contributed by atoms with E-state index in [1.165, 1.54) is 6.92 Å². The molecule has 0 spiro atoms. The molecule has 1 rings (SSSR count). The quantitative estimate of drug-likeness (QED) is 0.709. The van der Waals surface area contributed by atoms with Gasteiger partial charge in [-0.25, -0.2) is 0 Å². The van der Waals surface area contributed by atoms with Gasteiger partial charge in [0.15, 0.2) is 0 Å². The number of esters is 1. The Morgan fingerprint density at radius 3 is 2.54 bits per heavy atom. The second-order valence-corrected chi connectivity index (χ2v) is 2.75. The summed E-state index contributed by atoms with van der Waals surface area (Å²) < 4.78 is 4.88. The lowest BCUT2D eigenvalue weighted by Crippen LogP contribution is -2.05. The lowest BCUT2D eigenvalue weighted by atomic mass is 10.1. The molecule has 0 heterocycles. The molecule has 0 aromatic heterocycles. The molecule has 13 heavy (non-hydrogen) atoms. The number of benzene rings is 1. The van der Waals surface area contributed by atoms with Gasteiger partial charge in [0, 0.05) is 13.5 Å². The molecule has 0 fully saturated rings. The van der Waals surface area contributed by atoms with E-state index in [-0.39, 0.29) is 5.97 Å². The minimum atomic E-state index is -0.271. The molecule has 0 unspecified atom stereocenters. The Kier molecular flexibility index (Phi) is 3.46. The van der Waals surface area contributed by atoms with Gasteiger partial charge in [-0.15, -0.1) is 0 Å². The van der Waals surface area contributed by atoms with Gasteiger partial charge < -0.3 is 10.5 Å². The van der Waals surface area contributed by atoms with E-state index in [1.807, 2.05) is 24.3 Å². The summed E-state index contributed by atoms with van der Waals surface area (Å²) in [6, 6.07) is 7.65. The van der Waals surface area contributed by atoms with Crippen molar-refractivity contribution in [2.24, 2.45) is 5.73 Å². The molecule has 1 aromatic rings. The minimum absolute atomic E-state index is 0.271. The van der Waals surface area contributed by atoms with Gasteiger partial charge in [0.2, 0.25) is 0 Å². The number of rotatable bonds is 3. The highest BCUT2D eigenvalue weighted by Gasteiger charge is 2.00. The van der Waals surface area contributed by atoms with Crippen molar-refractivity contribution in [1.29, 1.82) is 0 Å². The first kappa shape index (κ1) is 9.74. The van der Waals surface area contributed by atoms with E-state index in [1.54, 1.807) is 0 Å². The Morgan fingerprint density at radius 1 is 1.38 bits per heavy atom. The molecule has 0 saturated carbocycles. The van der Waals surface area contributed by atoms with Gasteiger partial charge >= 0.3 is 5.97 Å². The van der Waals surface area contributed by atoms with Crippen LogP contribution in [0.3, 0.4) is 0 Å². The van der Waals surface area contributed by atoms with Crippen molar-refractivity contribution < 1.29 is 9.53 Å². The summed E-state index contributed by atoms with van der Waals surface area (Å²) in [6.07, 6.45) is 0. The summed E-state index contributed by atoms with van der Waals surface area (Å²) in [7, 11) is 0. The minimum Gasteiger partial charge on any atom is -0.461 e. The first-order chi connectivity index (χ1) is 6.24. The third-order valence-electron chi connectivity index (χ3n) is 1.77. The number of nitrogens with two attached hydrogens (primary N) is 1. The highest BCUT2D eigenvalue weighted by atomic mass is 16.5. The Hall–Kier alpha value is -1.35. The fourth-order valence-corrected chi connectivity index (χ4v) is 1.08. The summed E-state index contributed by atoms with van der Waals surface area (Å²) in [5, 5.41) is 0. The van der Waals surface area contributed by atoms with Crippen molar-refractivity contribution in [3.8, 4) is 0 Å². The number of hydrogen-bond donors (Lipinski definition) is 1. The van der Waals surface area contributed by atoms with Crippen molar-refractivity contribution in [2.45, 2.75) is 20.1 Å². The monoisotopic (exact) mass is 179 g/mol. The molecule has 1 aromatic carbocycles. The summed E-state index contributed by atoms with van der Waals surface area (Å²) >= 11 is 0. The van der Waals surface area contributed by atoms with Crippen LogP contribution in [0.25, 0.3) is 0 Å². The molecule has 3 heteroatoms. The van der Waals surface area contributed by atoms with Crippen LogP contribution in [0.4, 0.5) is 0 Å². The van der Waals surface area contributed by atoms with Crippen LogP contribution in [0.1, 0.15) is 18.1 Å².